The molecule has 28 heavy (non-hydrogen) atoms. The summed E-state index contributed by atoms with van der Waals surface area (Å²) in [6.07, 6.45) is -3.32. The first kappa shape index (κ1) is 22.7. The Morgan fingerprint density at radius 3 is 2.43 bits per heavy atom. The fraction of sp³-hybridized carbons (Fsp3) is 0.474. The van der Waals surface area contributed by atoms with Crippen LogP contribution in [0.25, 0.3) is 0 Å². The van der Waals surface area contributed by atoms with Gasteiger partial charge in [0.1, 0.15) is 5.82 Å². The monoisotopic (exact) mass is 434 g/mol. The van der Waals surface area contributed by atoms with Gasteiger partial charge in [0.05, 0.1) is 0 Å². The average Bonchev–Trinajstić information content (AvgIpc) is 3.12. The lowest BCUT2D eigenvalue weighted by Gasteiger charge is -2.28. The van der Waals surface area contributed by atoms with Crippen molar-refractivity contribution in [3.8, 4) is 0 Å². The Balaban J connectivity index is 0.00000140. The molecule has 2 fully saturated rings. The summed E-state index contributed by atoms with van der Waals surface area (Å²) < 4.78 is 38.7. The summed E-state index contributed by atoms with van der Waals surface area (Å²) in [5, 5.41) is 0. The molecule has 3 heterocycles. The molecule has 0 spiro atoms. The summed E-state index contributed by atoms with van der Waals surface area (Å²) in [7, 11) is 2.13. The zero-order valence-electron chi connectivity index (χ0n) is 15.6. The topological polar surface area (TPSA) is 32.3 Å². The molecular weight excluding hydrogens is 412 g/mol. The number of alkyl halides is 3. The van der Waals surface area contributed by atoms with Gasteiger partial charge in [-0.25, -0.2) is 9.97 Å². The van der Waals surface area contributed by atoms with Gasteiger partial charge in [0.2, 0.25) is 5.82 Å². The van der Waals surface area contributed by atoms with Gasteiger partial charge in [-0.15, -0.1) is 24.8 Å². The molecule has 9 heteroatoms. The van der Waals surface area contributed by atoms with E-state index in [1.165, 1.54) is 17.3 Å². The summed E-state index contributed by atoms with van der Waals surface area (Å²) in [4.78, 5) is 11.5. The van der Waals surface area contributed by atoms with Crippen molar-refractivity contribution in [3.05, 3.63) is 53.5 Å². The number of nitrogens with zero attached hydrogens (tertiary/aromatic N) is 4. The molecule has 2 aliphatic heterocycles. The minimum absolute atomic E-state index is 0. The van der Waals surface area contributed by atoms with Crippen LogP contribution in [-0.4, -0.2) is 41.5 Å². The minimum Gasteiger partial charge on any atom is -0.356 e. The van der Waals surface area contributed by atoms with Crippen LogP contribution in [0.2, 0.25) is 0 Å². The highest BCUT2D eigenvalue weighted by atomic mass is 35.5. The first-order valence-corrected chi connectivity index (χ1v) is 8.75. The van der Waals surface area contributed by atoms with Gasteiger partial charge in [0.15, 0.2) is 0 Å². The Morgan fingerprint density at radius 1 is 1.04 bits per heavy atom. The zero-order chi connectivity index (χ0) is 18.5. The number of hydrogen-bond acceptors (Lipinski definition) is 4. The van der Waals surface area contributed by atoms with Gasteiger partial charge in [0, 0.05) is 37.8 Å². The molecule has 0 bridgehead atoms. The van der Waals surface area contributed by atoms with Crippen LogP contribution in [0.3, 0.4) is 0 Å². The van der Waals surface area contributed by atoms with Crippen LogP contribution in [-0.2, 0) is 6.18 Å². The number of likely N-dealkylation sites (tertiary alicyclic amines) is 1. The third-order valence-electron chi connectivity index (χ3n) is 5.62. The van der Waals surface area contributed by atoms with E-state index >= 15 is 0 Å². The molecule has 1 aromatic carbocycles. The standard InChI is InChI=1S/C19H21F3N4.2ClH/c1-12-5-3-4-6-14(12)17-15-11-26(10-13(15)9-25(17)2)16-7-8-23-18(24-16)19(20,21)22;;/h3-8,13,15,17H,9-11H2,1-2H3;2*1H/t13-,15+,17-;;/m0../s1. The van der Waals surface area contributed by atoms with E-state index in [2.05, 4.69) is 47.0 Å². The second-order valence-corrected chi connectivity index (χ2v) is 7.31. The van der Waals surface area contributed by atoms with E-state index in [1.807, 2.05) is 11.0 Å². The van der Waals surface area contributed by atoms with Crippen LogP contribution in [0.1, 0.15) is 23.0 Å². The number of anilines is 1. The quantitative estimate of drug-likeness (QED) is 0.701. The highest BCUT2D eigenvalue weighted by molar-refractivity contribution is 5.85. The van der Waals surface area contributed by atoms with E-state index in [1.54, 1.807) is 6.07 Å². The molecule has 0 radical (unpaired) electrons. The highest BCUT2D eigenvalue weighted by Gasteiger charge is 2.47. The van der Waals surface area contributed by atoms with E-state index in [0.29, 0.717) is 24.2 Å². The Hall–Kier alpha value is -1.57. The molecular formula is C19H23Cl2F3N4. The van der Waals surface area contributed by atoms with E-state index in [0.717, 1.165) is 13.1 Å². The number of aromatic nitrogens is 2. The van der Waals surface area contributed by atoms with Crippen LogP contribution in [0, 0.1) is 18.8 Å². The van der Waals surface area contributed by atoms with Crippen molar-refractivity contribution in [3.63, 3.8) is 0 Å². The summed E-state index contributed by atoms with van der Waals surface area (Å²) in [6.45, 7) is 4.49. The molecule has 2 saturated heterocycles. The predicted octanol–water partition coefficient (Wildman–Crippen LogP) is 4.39. The number of benzene rings is 1. The summed E-state index contributed by atoms with van der Waals surface area (Å²) in [6, 6.07) is 10.2. The Labute approximate surface area is 175 Å². The van der Waals surface area contributed by atoms with Gasteiger partial charge >= 0.3 is 6.18 Å². The summed E-state index contributed by atoms with van der Waals surface area (Å²) in [5.41, 5.74) is 2.56. The number of rotatable bonds is 2. The molecule has 3 atom stereocenters. The van der Waals surface area contributed by atoms with Crippen molar-refractivity contribution in [2.24, 2.45) is 11.8 Å². The lowest BCUT2D eigenvalue weighted by molar-refractivity contribution is -0.144. The van der Waals surface area contributed by atoms with Gasteiger partial charge in [-0.3, -0.25) is 4.90 Å². The summed E-state index contributed by atoms with van der Waals surface area (Å²) >= 11 is 0. The first-order valence-electron chi connectivity index (χ1n) is 8.75. The maximum atomic E-state index is 12.9. The molecule has 2 aromatic rings. The summed E-state index contributed by atoms with van der Waals surface area (Å²) in [5.74, 6) is 0.104. The molecule has 0 saturated carbocycles. The van der Waals surface area contributed by atoms with Gasteiger partial charge in [0.25, 0.3) is 0 Å². The van der Waals surface area contributed by atoms with Crippen molar-refractivity contribution in [1.29, 1.82) is 0 Å². The van der Waals surface area contributed by atoms with Crippen molar-refractivity contribution in [2.75, 3.05) is 31.6 Å². The Morgan fingerprint density at radius 2 is 1.75 bits per heavy atom. The van der Waals surface area contributed by atoms with Crippen molar-refractivity contribution < 1.29 is 13.2 Å². The first-order chi connectivity index (χ1) is 12.3. The highest BCUT2D eigenvalue weighted by Crippen LogP contribution is 2.45. The Bertz CT molecular complexity index is 818. The SMILES string of the molecule is Cc1ccccc1[C@H]1[C@@H]2CN(c3ccnc(C(F)(F)F)n3)C[C@@H]2CN1C.Cl.Cl. The van der Waals surface area contributed by atoms with Crippen LogP contribution in [0.5, 0.6) is 0 Å². The zero-order valence-corrected chi connectivity index (χ0v) is 17.2. The smallest absolute Gasteiger partial charge is 0.356 e. The van der Waals surface area contributed by atoms with E-state index < -0.39 is 12.0 Å². The maximum Gasteiger partial charge on any atom is 0.451 e. The predicted molar refractivity (Wildman–Crippen MR) is 107 cm³/mol. The molecule has 154 valence electrons. The van der Waals surface area contributed by atoms with Gasteiger partial charge in [-0.2, -0.15) is 13.2 Å². The second kappa shape index (κ2) is 8.43. The fourth-order valence-electron chi connectivity index (χ4n) is 4.49. The van der Waals surface area contributed by atoms with Gasteiger partial charge < -0.3 is 4.90 Å². The molecule has 4 nitrogen and oxygen atoms in total. The molecule has 1 aromatic heterocycles. The van der Waals surface area contributed by atoms with E-state index in [-0.39, 0.29) is 30.9 Å². The third-order valence-corrected chi connectivity index (χ3v) is 5.62. The van der Waals surface area contributed by atoms with E-state index in [9.17, 15) is 13.2 Å². The van der Waals surface area contributed by atoms with Gasteiger partial charge in [-0.1, -0.05) is 24.3 Å². The molecule has 0 unspecified atom stereocenters. The number of hydrogen-bond donors (Lipinski definition) is 0. The van der Waals surface area contributed by atoms with Crippen LogP contribution < -0.4 is 4.90 Å². The molecule has 0 aliphatic carbocycles. The fourth-order valence-corrected chi connectivity index (χ4v) is 4.49. The minimum atomic E-state index is -4.52. The normalized spacial score (nSPS) is 24.5. The number of fused-ring (bicyclic) bond motifs is 1. The maximum absolute atomic E-state index is 12.9. The van der Waals surface area contributed by atoms with E-state index in [4.69, 9.17) is 0 Å². The second-order valence-electron chi connectivity index (χ2n) is 7.31. The number of halogens is 5. The Kier molecular flexibility index (Phi) is 6.84. The molecule has 0 N–H and O–H groups in total. The largest absolute Gasteiger partial charge is 0.451 e. The lowest BCUT2D eigenvalue weighted by Crippen LogP contribution is -2.30. The van der Waals surface area contributed by atoms with Crippen molar-refractivity contribution in [2.45, 2.75) is 19.1 Å². The molecule has 4 rings (SSSR count). The van der Waals surface area contributed by atoms with Gasteiger partial charge in [-0.05, 0) is 37.1 Å². The lowest BCUT2D eigenvalue weighted by atomic mass is 9.88. The molecule has 0 amide bonds. The van der Waals surface area contributed by atoms with Crippen LogP contribution in [0.4, 0.5) is 19.0 Å². The van der Waals surface area contributed by atoms with Crippen LogP contribution in [0.15, 0.2) is 36.5 Å². The van der Waals surface area contributed by atoms with Crippen LogP contribution >= 0.6 is 24.8 Å². The number of aryl methyl sites for hydroxylation is 1. The third kappa shape index (κ3) is 4.07. The average molecular weight is 435 g/mol. The van der Waals surface area contributed by atoms with Crippen molar-refractivity contribution in [1.82, 2.24) is 14.9 Å². The van der Waals surface area contributed by atoms with Crippen molar-refractivity contribution >= 4 is 30.6 Å². The molecule has 2 aliphatic rings.